The number of oxazole rings is 1. The molecule has 0 atom stereocenters. The third-order valence-electron chi connectivity index (χ3n) is 3.09. The fourth-order valence-corrected chi connectivity index (χ4v) is 2.09. The van der Waals surface area contributed by atoms with Crippen molar-refractivity contribution in [2.24, 2.45) is 0 Å². The normalized spacial score (nSPS) is 11.2. The van der Waals surface area contributed by atoms with Crippen molar-refractivity contribution in [3.05, 3.63) is 29.7 Å². The van der Waals surface area contributed by atoms with Gasteiger partial charge in [0.25, 0.3) is 0 Å². The van der Waals surface area contributed by atoms with Crippen LogP contribution in [0, 0.1) is 13.8 Å². The van der Waals surface area contributed by atoms with Gasteiger partial charge in [-0.05, 0) is 32.9 Å². The lowest BCUT2D eigenvalue weighted by molar-refractivity contribution is 0.199. The summed E-state index contributed by atoms with van der Waals surface area (Å²) in [6.45, 7) is 6.41. The molecule has 0 saturated heterocycles. The number of hydrogen-bond donors (Lipinski definition) is 1. The molecule has 0 bridgehead atoms. The van der Waals surface area contributed by atoms with Gasteiger partial charge in [-0.25, -0.2) is 4.98 Å². The maximum Gasteiger partial charge on any atom is 0.194 e. The van der Waals surface area contributed by atoms with E-state index >= 15 is 0 Å². The first kappa shape index (κ1) is 14.8. The summed E-state index contributed by atoms with van der Waals surface area (Å²) >= 11 is 0. The fourth-order valence-electron chi connectivity index (χ4n) is 2.09. The summed E-state index contributed by atoms with van der Waals surface area (Å²) in [5.74, 6) is 3.30. The molecule has 0 aliphatic rings. The zero-order chi connectivity index (χ0) is 14.4. The van der Waals surface area contributed by atoms with Crippen LogP contribution in [-0.2, 0) is 11.2 Å². The van der Waals surface area contributed by atoms with E-state index in [9.17, 15) is 0 Å². The standard InChI is InChI=1S/C15H22N2O3/c1-11-9-13(12(2)19-11)14-10-17-15(20-14)5-4-6-16-7-8-18-3/h9-10,16H,4-8H2,1-3H3. The molecule has 2 aromatic heterocycles. The Labute approximate surface area is 119 Å². The van der Waals surface area contributed by atoms with E-state index in [0.717, 1.165) is 61.3 Å². The van der Waals surface area contributed by atoms with E-state index in [0.29, 0.717) is 0 Å². The summed E-state index contributed by atoms with van der Waals surface area (Å²) in [6.07, 6.45) is 3.59. The van der Waals surface area contributed by atoms with Gasteiger partial charge in [-0.2, -0.15) is 0 Å². The lowest BCUT2D eigenvalue weighted by Gasteiger charge is -2.01. The molecule has 0 fully saturated rings. The predicted molar refractivity (Wildman–Crippen MR) is 76.7 cm³/mol. The molecular formula is C15H22N2O3. The number of methoxy groups -OCH3 is 1. The number of aromatic nitrogens is 1. The molecule has 5 nitrogen and oxygen atoms in total. The molecule has 0 unspecified atom stereocenters. The van der Waals surface area contributed by atoms with Crippen molar-refractivity contribution in [2.75, 3.05) is 26.8 Å². The van der Waals surface area contributed by atoms with E-state index in [1.54, 1.807) is 13.3 Å². The fraction of sp³-hybridized carbons (Fsp3) is 0.533. The molecule has 0 spiro atoms. The van der Waals surface area contributed by atoms with Crippen molar-refractivity contribution >= 4 is 0 Å². The van der Waals surface area contributed by atoms with Crippen LogP contribution in [0.5, 0.6) is 0 Å². The molecule has 1 N–H and O–H groups in total. The van der Waals surface area contributed by atoms with Gasteiger partial charge in [-0.3, -0.25) is 0 Å². The summed E-state index contributed by atoms with van der Waals surface area (Å²) in [6, 6.07) is 1.98. The SMILES string of the molecule is COCCNCCCc1ncc(-c2cc(C)oc2C)o1. The summed E-state index contributed by atoms with van der Waals surface area (Å²) in [4.78, 5) is 4.32. The molecule has 0 radical (unpaired) electrons. The Bertz CT molecular complexity index is 531. The Morgan fingerprint density at radius 2 is 2.10 bits per heavy atom. The van der Waals surface area contributed by atoms with Crippen LogP contribution < -0.4 is 5.32 Å². The second-order valence-corrected chi connectivity index (χ2v) is 4.79. The molecule has 5 heteroatoms. The van der Waals surface area contributed by atoms with E-state index in [-0.39, 0.29) is 0 Å². The van der Waals surface area contributed by atoms with Gasteiger partial charge in [0, 0.05) is 20.1 Å². The summed E-state index contributed by atoms with van der Waals surface area (Å²) < 4.78 is 16.2. The number of ether oxygens (including phenoxy) is 1. The molecule has 110 valence electrons. The van der Waals surface area contributed by atoms with Crippen molar-refractivity contribution in [1.82, 2.24) is 10.3 Å². The number of aryl methyl sites for hydroxylation is 3. The minimum absolute atomic E-state index is 0.738. The number of nitrogens with one attached hydrogen (secondary N) is 1. The van der Waals surface area contributed by atoms with Crippen LogP contribution >= 0.6 is 0 Å². The highest BCUT2D eigenvalue weighted by molar-refractivity contribution is 5.59. The molecule has 0 aromatic carbocycles. The number of hydrogen-bond acceptors (Lipinski definition) is 5. The van der Waals surface area contributed by atoms with E-state index in [2.05, 4.69) is 10.3 Å². The maximum atomic E-state index is 5.77. The van der Waals surface area contributed by atoms with Crippen LogP contribution in [0.1, 0.15) is 23.8 Å². The van der Waals surface area contributed by atoms with Crippen LogP contribution in [0.3, 0.4) is 0 Å². The van der Waals surface area contributed by atoms with Crippen molar-refractivity contribution < 1.29 is 13.6 Å². The quantitative estimate of drug-likeness (QED) is 0.752. The van der Waals surface area contributed by atoms with Crippen molar-refractivity contribution in [3.8, 4) is 11.3 Å². The molecule has 0 aliphatic heterocycles. The molecular weight excluding hydrogens is 256 g/mol. The van der Waals surface area contributed by atoms with Gasteiger partial charge in [-0.15, -0.1) is 0 Å². The van der Waals surface area contributed by atoms with Crippen molar-refractivity contribution in [1.29, 1.82) is 0 Å². The minimum Gasteiger partial charge on any atom is -0.466 e. The van der Waals surface area contributed by atoms with E-state index < -0.39 is 0 Å². The van der Waals surface area contributed by atoms with Gasteiger partial charge in [0.05, 0.1) is 18.4 Å². The predicted octanol–water partition coefficient (Wildman–Crippen LogP) is 2.72. The Morgan fingerprint density at radius 1 is 1.25 bits per heavy atom. The summed E-state index contributed by atoms with van der Waals surface area (Å²) in [5.41, 5.74) is 0.986. The molecule has 20 heavy (non-hydrogen) atoms. The second kappa shape index (κ2) is 7.26. The number of rotatable bonds is 8. The highest BCUT2D eigenvalue weighted by Gasteiger charge is 2.12. The molecule has 2 rings (SSSR count). The summed E-state index contributed by atoms with van der Waals surface area (Å²) in [7, 11) is 1.70. The van der Waals surface area contributed by atoms with Gasteiger partial charge < -0.3 is 18.9 Å². The maximum absolute atomic E-state index is 5.77. The lowest BCUT2D eigenvalue weighted by atomic mass is 10.2. The Balaban J connectivity index is 1.82. The monoisotopic (exact) mass is 278 g/mol. The first-order chi connectivity index (χ1) is 9.70. The number of furan rings is 1. The molecule has 0 amide bonds. The van der Waals surface area contributed by atoms with Gasteiger partial charge >= 0.3 is 0 Å². The second-order valence-electron chi connectivity index (χ2n) is 4.79. The third-order valence-corrected chi connectivity index (χ3v) is 3.09. The largest absolute Gasteiger partial charge is 0.466 e. The average molecular weight is 278 g/mol. The molecule has 2 aromatic rings. The highest BCUT2D eigenvalue weighted by Crippen LogP contribution is 2.27. The Morgan fingerprint density at radius 3 is 2.80 bits per heavy atom. The minimum atomic E-state index is 0.738. The van der Waals surface area contributed by atoms with Gasteiger partial charge in [0.1, 0.15) is 11.5 Å². The first-order valence-corrected chi connectivity index (χ1v) is 6.92. The smallest absolute Gasteiger partial charge is 0.194 e. The van der Waals surface area contributed by atoms with E-state index in [4.69, 9.17) is 13.6 Å². The molecule has 2 heterocycles. The lowest BCUT2D eigenvalue weighted by Crippen LogP contribution is -2.20. The van der Waals surface area contributed by atoms with Crippen molar-refractivity contribution in [3.63, 3.8) is 0 Å². The zero-order valence-corrected chi connectivity index (χ0v) is 12.4. The van der Waals surface area contributed by atoms with Crippen molar-refractivity contribution in [2.45, 2.75) is 26.7 Å². The van der Waals surface area contributed by atoms with Gasteiger partial charge in [0.15, 0.2) is 11.7 Å². The topological polar surface area (TPSA) is 60.4 Å². The van der Waals surface area contributed by atoms with Crippen LogP contribution in [0.15, 0.2) is 21.1 Å². The highest BCUT2D eigenvalue weighted by atomic mass is 16.5. The molecule has 0 saturated carbocycles. The Hall–Kier alpha value is -1.59. The average Bonchev–Trinajstić information content (AvgIpc) is 3.00. The van der Waals surface area contributed by atoms with Crippen LogP contribution in [0.4, 0.5) is 0 Å². The first-order valence-electron chi connectivity index (χ1n) is 6.92. The van der Waals surface area contributed by atoms with Gasteiger partial charge in [-0.1, -0.05) is 0 Å². The van der Waals surface area contributed by atoms with Gasteiger partial charge in [0.2, 0.25) is 0 Å². The summed E-state index contributed by atoms with van der Waals surface area (Å²) in [5, 5.41) is 3.30. The van der Waals surface area contributed by atoms with Crippen LogP contribution in [-0.4, -0.2) is 31.8 Å². The van der Waals surface area contributed by atoms with E-state index in [1.807, 2.05) is 19.9 Å². The molecule has 0 aliphatic carbocycles. The third kappa shape index (κ3) is 3.95. The number of nitrogens with zero attached hydrogens (tertiary/aromatic N) is 1. The van der Waals surface area contributed by atoms with Crippen LogP contribution in [0.2, 0.25) is 0 Å². The van der Waals surface area contributed by atoms with E-state index in [1.165, 1.54) is 0 Å². The van der Waals surface area contributed by atoms with Crippen LogP contribution in [0.25, 0.3) is 11.3 Å². The Kier molecular flexibility index (Phi) is 5.38. The zero-order valence-electron chi connectivity index (χ0n) is 12.4.